The molecule has 0 aliphatic carbocycles. The second-order valence-corrected chi connectivity index (χ2v) is 8.05. The zero-order chi connectivity index (χ0) is 16.7. The van der Waals surface area contributed by atoms with E-state index in [1.54, 1.807) is 7.05 Å². The fraction of sp³-hybridized carbons (Fsp3) is 0.294. The molecule has 7 heteroatoms. The standard InChI is InChI=1S/C17H17BrN4OS/c1-19-17(23)16-13-4-5-22(9-14(13)20-21-16)8-12-6-10-2-3-11(18)7-15(10)24-12/h2-3,6-7H,4-5,8-9H2,1H3,(H,19,23)(H,20,21). The number of benzene rings is 1. The van der Waals surface area contributed by atoms with Gasteiger partial charge in [0.05, 0.1) is 5.69 Å². The number of fused-ring (bicyclic) bond motifs is 2. The van der Waals surface area contributed by atoms with E-state index in [4.69, 9.17) is 0 Å². The van der Waals surface area contributed by atoms with Gasteiger partial charge >= 0.3 is 0 Å². The Morgan fingerprint density at radius 2 is 2.33 bits per heavy atom. The van der Waals surface area contributed by atoms with Crippen LogP contribution in [0.3, 0.4) is 0 Å². The van der Waals surface area contributed by atoms with Gasteiger partial charge in [-0.25, -0.2) is 0 Å². The fourth-order valence-electron chi connectivity index (χ4n) is 3.17. The van der Waals surface area contributed by atoms with Crippen LogP contribution in [0.1, 0.15) is 26.6 Å². The van der Waals surface area contributed by atoms with Crippen LogP contribution in [0.2, 0.25) is 0 Å². The van der Waals surface area contributed by atoms with Gasteiger partial charge in [0.2, 0.25) is 0 Å². The lowest BCUT2D eigenvalue weighted by Crippen LogP contribution is -2.30. The molecule has 0 unspecified atom stereocenters. The van der Waals surface area contributed by atoms with Gasteiger partial charge in [-0.3, -0.25) is 14.8 Å². The highest BCUT2D eigenvalue weighted by Crippen LogP contribution is 2.30. The van der Waals surface area contributed by atoms with E-state index in [9.17, 15) is 4.79 Å². The minimum absolute atomic E-state index is 0.115. The fourth-order valence-corrected chi connectivity index (χ4v) is 4.83. The third kappa shape index (κ3) is 2.87. The first-order valence-corrected chi connectivity index (χ1v) is 9.43. The van der Waals surface area contributed by atoms with E-state index in [1.807, 2.05) is 11.3 Å². The van der Waals surface area contributed by atoms with Gasteiger partial charge in [0.25, 0.3) is 5.91 Å². The topological polar surface area (TPSA) is 61.0 Å². The van der Waals surface area contributed by atoms with Gasteiger partial charge in [-0.15, -0.1) is 11.3 Å². The van der Waals surface area contributed by atoms with E-state index in [0.29, 0.717) is 5.69 Å². The van der Waals surface area contributed by atoms with Crippen molar-refractivity contribution in [3.05, 3.63) is 50.6 Å². The quantitative estimate of drug-likeness (QED) is 0.703. The average molecular weight is 405 g/mol. The monoisotopic (exact) mass is 404 g/mol. The lowest BCUT2D eigenvalue weighted by atomic mass is 10.0. The summed E-state index contributed by atoms with van der Waals surface area (Å²) in [6.45, 7) is 2.66. The maximum atomic E-state index is 11.8. The molecule has 2 N–H and O–H groups in total. The number of nitrogens with one attached hydrogen (secondary N) is 2. The number of rotatable bonds is 3. The first-order valence-electron chi connectivity index (χ1n) is 7.82. The first-order chi connectivity index (χ1) is 11.6. The minimum Gasteiger partial charge on any atom is -0.354 e. The minimum atomic E-state index is -0.115. The van der Waals surface area contributed by atoms with Crippen LogP contribution in [0, 0.1) is 0 Å². The zero-order valence-corrected chi connectivity index (χ0v) is 15.6. The number of aromatic nitrogens is 2. The van der Waals surface area contributed by atoms with Gasteiger partial charge in [-0.05, 0) is 30.0 Å². The zero-order valence-electron chi connectivity index (χ0n) is 13.2. The molecule has 1 amide bonds. The van der Waals surface area contributed by atoms with Gasteiger partial charge < -0.3 is 5.32 Å². The Hall–Kier alpha value is -1.70. The second-order valence-electron chi connectivity index (χ2n) is 5.96. The molecule has 1 aliphatic rings. The van der Waals surface area contributed by atoms with Crippen LogP contribution in [0.25, 0.3) is 10.1 Å². The smallest absolute Gasteiger partial charge is 0.271 e. The first kappa shape index (κ1) is 15.8. The van der Waals surface area contributed by atoms with Crippen LogP contribution in [-0.2, 0) is 19.5 Å². The molecule has 0 spiro atoms. The van der Waals surface area contributed by atoms with Crippen molar-refractivity contribution < 1.29 is 4.79 Å². The molecule has 4 rings (SSSR count). The molecule has 3 heterocycles. The van der Waals surface area contributed by atoms with E-state index in [1.165, 1.54) is 15.0 Å². The molecule has 3 aromatic rings. The Balaban J connectivity index is 1.52. The summed E-state index contributed by atoms with van der Waals surface area (Å²) in [6.07, 6.45) is 0.852. The van der Waals surface area contributed by atoms with Crippen molar-refractivity contribution in [2.75, 3.05) is 13.6 Å². The normalized spacial score (nSPS) is 14.8. The predicted molar refractivity (Wildman–Crippen MR) is 99.3 cm³/mol. The lowest BCUT2D eigenvalue weighted by Gasteiger charge is -2.26. The van der Waals surface area contributed by atoms with Crippen LogP contribution in [0.15, 0.2) is 28.7 Å². The van der Waals surface area contributed by atoms with Gasteiger partial charge in [0.15, 0.2) is 5.69 Å². The Morgan fingerprint density at radius 1 is 1.46 bits per heavy atom. The molecule has 0 saturated carbocycles. The van der Waals surface area contributed by atoms with Crippen LogP contribution >= 0.6 is 27.3 Å². The second kappa shape index (κ2) is 6.31. The molecule has 0 atom stereocenters. The number of nitrogens with zero attached hydrogens (tertiary/aromatic N) is 2. The van der Waals surface area contributed by atoms with Crippen molar-refractivity contribution in [3.63, 3.8) is 0 Å². The van der Waals surface area contributed by atoms with Crippen molar-refractivity contribution in [2.24, 2.45) is 0 Å². The molecule has 0 fully saturated rings. The number of H-pyrrole nitrogens is 1. The third-order valence-corrected chi connectivity index (χ3v) is 5.94. The molecule has 5 nitrogen and oxygen atoms in total. The molecule has 24 heavy (non-hydrogen) atoms. The summed E-state index contributed by atoms with van der Waals surface area (Å²) >= 11 is 5.37. The van der Waals surface area contributed by atoms with Crippen molar-refractivity contribution in [1.82, 2.24) is 20.4 Å². The number of aromatic amines is 1. The van der Waals surface area contributed by atoms with E-state index in [0.717, 1.165) is 41.8 Å². The Bertz CT molecular complexity index is 917. The number of carbonyl (C=O) groups excluding carboxylic acids is 1. The summed E-state index contributed by atoms with van der Waals surface area (Å²) in [5.74, 6) is -0.115. The van der Waals surface area contributed by atoms with Crippen LogP contribution in [-0.4, -0.2) is 34.6 Å². The van der Waals surface area contributed by atoms with Gasteiger partial charge in [0.1, 0.15) is 0 Å². The summed E-state index contributed by atoms with van der Waals surface area (Å²) in [5, 5.41) is 11.2. The van der Waals surface area contributed by atoms with Crippen molar-refractivity contribution in [3.8, 4) is 0 Å². The van der Waals surface area contributed by atoms with Crippen LogP contribution in [0.5, 0.6) is 0 Å². The number of hydrogen-bond donors (Lipinski definition) is 2. The van der Waals surface area contributed by atoms with E-state index in [-0.39, 0.29) is 5.91 Å². The molecule has 0 saturated heterocycles. The van der Waals surface area contributed by atoms with Crippen molar-refractivity contribution >= 4 is 43.3 Å². The molecule has 124 valence electrons. The molecule has 1 aromatic carbocycles. The highest BCUT2D eigenvalue weighted by molar-refractivity contribution is 9.10. The van der Waals surface area contributed by atoms with E-state index in [2.05, 4.69) is 60.6 Å². The number of thiophene rings is 1. The summed E-state index contributed by atoms with van der Waals surface area (Å²) in [5.41, 5.74) is 2.66. The highest BCUT2D eigenvalue weighted by Gasteiger charge is 2.24. The van der Waals surface area contributed by atoms with Crippen molar-refractivity contribution in [1.29, 1.82) is 0 Å². The Morgan fingerprint density at radius 3 is 3.17 bits per heavy atom. The number of hydrogen-bond acceptors (Lipinski definition) is 4. The average Bonchev–Trinajstić information content (AvgIpc) is 3.16. The largest absolute Gasteiger partial charge is 0.354 e. The van der Waals surface area contributed by atoms with Gasteiger partial charge in [-0.2, -0.15) is 5.10 Å². The molecule has 0 radical (unpaired) electrons. The summed E-state index contributed by atoms with van der Waals surface area (Å²) < 4.78 is 2.42. The van der Waals surface area contributed by atoms with Crippen molar-refractivity contribution in [2.45, 2.75) is 19.5 Å². The number of amides is 1. The van der Waals surface area contributed by atoms with E-state index < -0.39 is 0 Å². The number of halogens is 1. The van der Waals surface area contributed by atoms with Gasteiger partial charge in [0, 0.05) is 46.3 Å². The molecular weight excluding hydrogens is 388 g/mol. The van der Waals surface area contributed by atoms with Crippen LogP contribution < -0.4 is 5.32 Å². The molecular formula is C17H17BrN4OS. The lowest BCUT2D eigenvalue weighted by molar-refractivity contribution is 0.0956. The Labute approximate surface area is 152 Å². The predicted octanol–water partition coefficient (Wildman–Crippen LogP) is 3.30. The maximum Gasteiger partial charge on any atom is 0.271 e. The number of carbonyl (C=O) groups is 1. The molecule has 1 aliphatic heterocycles. The Kier molecular flexibility index (Phi) is 4.15. The highest BCUT2D eigenvalue weighted by atomic mass is 79.9. The maximum absolute atomic E-state index is 11.8. The third-order valence-electron chi connectivity index (χ3n) is 4.37. The summed E-state index contributed by atoms with van der Waals surface area (Å²) in [7, 11) is 1.64. The summed E-state index contributed by atoms with van der Waals surface area (Å²) in [6, 6.07) is 8.67. The summed E-state index contributed by atoms with van der Waals surface area (Å²) in [4.78, 5) is 15.6. The molecule has 0 bridgehead atoms. The van der Waals surface area contributed by atoms with E-state index >= 15 is 0 Å². The van der Waals surface area contributed by atoms with Crippen LogP contribution in [0.4, 0.5) is 0 Å². The van der Waals surface area contributed by atoms with Gasteiger partial charge in [-0.1, -0.05) is 22.0 Å². The molecule has 2 aromatic heterocycles. The SMILES string of the molecule is CNC(=O)c1n[nH]c2c1CCN(Cc1cc3ccc(Br)cc3s1)C2.